The molecule has 0 atom stereocenters. The molecule has 1 N–H and O–H groups in total. The molecular formula is C16H18ClNOS. The van der Waals surface area contributed by atoms with Crippen molar-refractivity contribution in [3.8, 4) is 5.75 Å². The Morgan fingerprint density at radius 3 is 2.95 bits per heavy atom. The molecule has 2 nitrogen and oxygen atoms in total. The summed E-state index contributed by atoms with van der Waals surface area (Å²) in [5.41, 5.74) is 1.27. The third kappa shape index (κ3) is 3.75. The molecular weight excluding hydrogens is 290 g/mol. The van der Waals surface area contributed by atoms with Crippen molar-refractivity contribution in [1.82, 2.24) is 5.32 Å². The molecule has 1 aromatic carbocycles. The average molecular weight is 308 g/mol. The highest BCUT2D eigenvalue weighted by atomic mass is 35.5. The molecule has 1 aliphatic rings. The first-order valence-electron chi connectivity index (χ1n) is 6.90. The summed E-state index contributed by atoms with van der Waals surface area (Å²) in [6.07, 6.45) is 2.66. The standard InChI is InChI=1S/C16H18ClNOS/c1-11-12(7-16(20-11)9-18-14-5-6-14)10-19-15-4-2-3-13(17)8-15/h2-4,7-8,14,18H,5-6,9-10H2,1H3. The maximum Gasteiger partial charge on any atom is 0.121 e. The zero-order valence-corrected chi connectivity index (χ0v) is 13.1. The Morgan fingerprint density at radius 2 is 2.20 bits per heavy atom. The lowest BCUT2D eigenvalue weighted by atomic mass is 10.2. The molecule has 106 valence electrons. The van der Waals surface area contributed by atoms with Crippen LogP contribution in [0.25, 0.3) is 0 Å². The van der Waals surface area contributed by atoms with Crippen LogP contribution in [0.2, 0.25) is 5.02 Å². The predicted octanol–water partition coefficient (Wildman–Crippen LogP) is 4.54. The number of halogens is 1. The number of nitrogens with one attached hydrogen (secondary N) is 1. The number of ether oxygens (including phenoxy) is 1. The van der Waals surface area contributed by atoms with Gasteiger partial charge in [0.05, 0.1) is 0 Å². The molecule has 1 saturated carbocycles. The highest BCUT2D eigenvalue weighted by molar-refractivity contribution is 7.12. The monoisotopic (exact) mass is 307 g/mol. The van der Waals surface area contributed by atoms with Crippen LogP contribution >= 0.6 is 22.9 Å². The first-order chi connectivity index (χ1) is 9.70. The molecule has 3 rings (SSSR count). The lowest BCUT2D eigenvalue weighted by Gasteiger charge is -2.05. The molecule has 1 fully saturated rings. The van der Waals surface area contributed by atoms with E-state index < -0.39 is 0 Å². The van der Waals surface area contributed by atoms with Crippen LogP contribution in [0.4, 0.5) is 0 Å². The van der Waals surface area contributed by atoms with Crippen LogP contribution in [0.1, 0.15) is 28.2 Å². The number of benzene rings is 1. The van der Waals surface area contributed by atoms with Gasteiger partial charge in [0.15, 0.2) is 0 Å². The number of aryl methyl sites for hydroxylation is 1. The van der Waals surface area contributed by atoms with Gasteiger partial charge in [-0.1, -0.05) is 17.7 Å². The second-order valence-electron chi connectivity index (χ2n) is 5.20. The number of rotatable bonds is 6. The first-order valence-corrected chi connectivity index (χ1v) is 8.10. The zero-order chi connectivity index (χ0) is 13.9. The first kappa shape index (κ1) is 13.9. The molecule has 1 aliphatic carbocycles. The van der Waals surface area contributed by atoms with E-state index >= 15 is 0 Å². The molecule has 20 heavy (non-hydrogen) atoms. The molecule has 2 aromatic rings. The number of hydrogen-bond donors (Lipinski definition) is 1. The van der Waals surface area contributed by atoms with Gasteiger partial charge in [0.2, 0.25) is 0 Å². The molecule has 0 aliphatic heterocycles. The molecule has 1 aromatic heterocycles. The van der Waals surface area contributed by atoms with Gasteiger partial charge in [-0.25, -0.2) is 0 Å². The number of thiophene rings is 1. The zero-order valence-electron chi connectivity index (χ0n) is 11.5. The Labute approximate surface area is 128 Å². The van der Waals surface area contributed by atoms with Crippen molar-refractivity contribution in [3.63, 3.8) is 0 Å². The molecule has 0 amide bonds. The van der Waals surface area contributed by atoms with E-state index in [9.17, 15) is 0 Å². The minimum Gasteiger partial charge on any atom is -0.489 e. The van der Waals surface area contributed by atoms with Gasteiger partial charge in [-0.2, -0.15) is 0 Å². The van der Waals surface area contributed by atoms with E-state index in [1.807, 2.05) is 35.6 Å². The number of hydrogen-bond acceptors (Lipinski definition) is 3. The highest BCUT2D eigenvalue weighted by Gasteiger charge is 2.20. The van der Waals surface area contributed by atoms with Gasteiger partial charge < -0.3 is 10.1 Å². The third-order valence-corrected chi connectivity index (χ3v) is 4.73. The van der Waals surface area contributed by atoms with Gasteiger partial charge in [-0.05, 0) is 44.0 Å². The molecule has 0 radical (unpaired) electrons. The molecule has 0 saturated heterocycles. The summed E-state index contributed by atoms with van der Waals surface area (Å²) in [6, 6.07) is 10.5. The normalized spacial score (nSPS) is 14.5. The van der Waals surface area contributed by atoms with Crippen LogP contribution in [0, 0.1) is 6.92 Å². The smallest absolute Gasteiger partial charge is 0.121 e. The molecule has 4 heteroatoms. The van der Waals surface area contributed by atoms with Crippen molar-refractivity contribution < 1.29 is 4.74 Å². The van der Waals surface area contributed by atoms with Crippen molar-refractivity contribution >= 4 is 22.9 Å². The Morgan fingerprint density at radius 1 is 1.35 bits per heavy atom. The molecule has 1 heterocycles. The fraction of sp³-hybridized carbons (Fsp3) is 0.375. The van der Waals surface area contributed by atoms with Crippen LogP contribution in [-0.2, 0) is 13.2 Å². The van der Waals surface area contributed by atoms with Gasteiger partial charge in [-0.15, -0.1) is 11.3 Å². The van der Waals surface area contributed by atoms with Crippen molar-refractivity contribution in [1.29, 1.82) is 0 Å². The van der Waals surface area contributed by atoms with Gasteiger partial charge in [0.25, 0.3) is 0 Å². The van der Waals surface area contributed by atoms with Gasteiger partial charge >= 0.3 is 0 Å². The van der Waals surface area contributed by atoms with Crippen molar-refractivity contribution in [2.24, 2.45) is 0 Å². The highest BCUT2D eigenvalue weighted by Crippen LogP contribution is 2.26. The van der Waals surface area contributed by atoms with Crippen LogP contribution in [0.3, 0.4) is 0 Å². The Bertz CT molecular complexity index is 592. The maximum absolute atomic E-state index is 5.95. The minimum atomic E-state index is 0.603. The summed E-state index contributed by atoms with van der Waals surface area (Å²) in [6.45, 7) is 3.74. The largest absolute Gasteiger partial charge is 0.489 e. The van der Waals surface area contributed by atoms with E-state index in [-0.39, 0.29) is 0 Å². The summed E-state index contributed by atoms with van der Waals surface area (Å²) < 4.78 is 5.81. The Balaban J connectivity index is 1.58. The fourth-order valence-corrected chi connectivity index (χ4v) is 3.25. The van der Waals surface area contributed by atoms with Crippen LogP contribution in [-0.4, -0.2) is 6.04 Å². The Kier molecular flexibility index (Phi) is 4.29. The van der Waals surface area contributed by atoms with Crippen LogP contribution in [0.5, 0.6) is 5.75 Å². The summed E-state index contributed by atoms with van der Waals surface area (Å²) in [5.74, 6) is 0.820. The Hall–Kier alpha value is -1.03. The SMILES string of the molecule is Cc1sc(CNC2CC2)cc1COc1cccc(Cl)c1. The second kappa shape index (κ2) is 6.17. The topological polar surface area (TPSA) is 21.3 Å². The van der Waals surface area contributed by atoms with Crippen LogP contribution in [0.15, 0.2) is 30.3 Å². The van der Waals surface area contributed by atoms with E-state index in [2.05, 4.69) is 18.3 Å². The summed E-state index contributed by atoms with van der Waals surface area (Å²) >= 11 is 7.81. The predicted molar refractivity (Wildman–Crippen MR) is 84.7 cm³/mol. The average Bonchev–Trinajstić information content (AvgIpc) is 3.18. The van der Waals surface area contributed by atoms with Gasteiger partial charge in [0, 0.05) is 32.9 Å². The van der Waals surface area contributed by atoms with E-state index in [1.54, 1.807) is 0 Å². The van der Waals surface area contributed by atoms with E-state index in [1.165, 1.54) is 28.2 Å². The van der Waals surface area contributed by atoms with E-state index in [0.717, 1.165) is 18.3 Å². The summed E-state index contributed by atoms with van der Waals surface area (Å²) in [7, 11) is 0. The second-order valence-corrected chi connectivity index (χ2v) is 6.97. The minimum absolute atomic E-state index is 0.603. The third-order valence-electron chi connectivity index (χ3n) is 3.40. The van der Waals surface area contributed by atoms with Crippen molar-refractivity contribution in [2.75, 3.05) is 0 Å². The van der Waals surface area contributed by atoms with Gasteiger partial charge in [0.1, 0.15) is 12.4 Å². The fourth-order valence-electron chi connectivity index (χ4n) is 2.07. The van der Waals surface area contributed by atoms with E-state index in [0.29, 0.717) is 11.6 Å². The lowest BCUT2D eigenvalue weighted by molar-refractivity contribution is 0.306. The van der Waals surface area contributed by atoms with Gasteiger partial charge in [-0.3, -0.25) is 0 Å². The molecule has 0 bridgehead atoms. The van der Waals surface area contributed by atoms with E-state index in [4.69, 9.17) is 16.3 Å². The molecule has 0 spiro atoms. The van der Waals surface area contributed by atoms with Crippen molar-refractivity contribution in [2.45, 2.75) is 39.0 Å². The maximum atomic E-state index is 5.95. The van der Waals surface area contributed by atoms with Crippen LogP contribution < -0.4 is 10.1 Å². The summed E-state index contributed by atoms with van der Waals surface area (Å²) in [4.78, 5) is 2.72. The molecule has 0 unspecified atom stereocenters. The summed E-state index contributed by atoms with van der Waals surface area (Å²) in [5, 5.41) is 4.25. The quantitative estimate of drug-likeness (QED) is 0.846. The lowest BCUT2D eigenvalue weighted by Crippen LogP contribution is -2.14. The van der Waals surface area contributed by atoms with Crippen molar-refractivity contribution in [3.05, 3.63) is 50.7 Å².